The number of amides is 2. The molecule has 0 aliphatic rings. The number of fused-ring (bicyclic) bond motifs is 1. The zero-order valence-electron chi connectivity index (χ0n) is 18.1. The Morgan fingerprint density at radius 2 is 1.88 bits per heavy atom. The number of hydrogen-bond donors (Lipinski definition) is 3. The molecule has 0 saturated carbocycles. The molecule has 0 bridgehead atoms. The molecule has 9 heteroatoms. The number of carboxylic acid groups (broad SMARTS) is 1. The Labute approximate surface area is 188 Å². The number of hydrogen-bond acceptors (Lipinski definition) is 4. The van der Waals surface area contributed by atoms with Crippen molar-refractivity contribution < 1.29 is 23.8 Å². The molecule has 0 radical (unpaired) electrons. The third-order valence-corrected chi connectivity index (χ3v) is 5.22. The van der Waals surface area contributed by atoms with Gasteiger partial charge < -0.3 is 19.7 Å². The minimum Gasteiger partial charge on any atom is -0.496 e. The van der Waals surface area contributed by atoms with E-state index in [1.54, 1.807) is 13.3 Å². The molecule has 0 unspecified atom stereocenters. The van der Waals surface area contributed by atoms with E-state index in [9.17, 15) is 14.0 Å². The van der Waals surface area contributed by atoms with Crippen molar-refractivity contribution in [2.75, 3.05) is 26.5 Å². The lowest BCUT2D eigenvalue weighted by molar-refractivity contribution is 0.0828. The molecular formula is C24H21FN4O4. The Kier molecular flexibility index (Phi) is 5.70. The van der Waals surface area contributed by atoms with Crippen molar-refractivity contribution in [1.29, 1.82) is 0 Å². The number of methoxy groups -OCH3 is 1. The highest BCUT2D eigenvalue weighted by Crippen LogP contribution is 2.37. The molecule has 4 rings (SSSR count). The first kappa shape index (κ1) is 21.8. The molecule has 0 atom stereocenters. The topological polar surface area (TPSA) is 108 Å². The van der Waals surface area contributed by atoms with Crippen LogP contribution in [0.15, 0.2) is 54.9 Å². The first-order chi connectivity index (χ1) is 15.8. The van der Waals surface area contributed by atoms with Gasteiger partial charge in [-0.1, -0.05) is 18.2 Å². The number of benzene rings is 2. The van der Waals surface area contributed by atoms with Gasteiger partial charge in [0.05, 0.1) is 18.4 Å². The molecule has 8 nitrogen and oxygen atoms in total. The standard InChI is InChI=1S/C24H21FN4O4/c1-29(2)23(30)17-8-13(10-19(25)21(17)28-24(31)32)14-9-16-18(12-27-22(16)26-11-14)15-6-4-5-7-20(15)33-3/h4-12,28H,1-3H3,(H,26,27)(H,31,32). The summed E-state index contributed by atoms with van der Waals surface area (Å²) in [6.45, 7) is 0. The van der Waals surface area contributed by atoms with Gasteiger partial charge in [0.2, 0.25) is 0 Å². The van der Waals surface area contributed by atoms with Gasteiger partial charge in [-0.25, -0.2) is 14.2 Å². The van der Waals surface area contributed by atoms with Crippen LogP contribution in [0, 0.1) is 5.82 Å². The Bertz CT molecular complexity index is 1380. The van der Waals surface area contributed by atoms with E-state index in [4.69, 9.17) is 9.84 Å². The highest BCUT2D eigenvalue weighted by atomic mass is 19.1. The third-order valence-electron chi connectivity index (χ3n) is 5.22. The number of pyridine rings is 1. The summed E-state index contributed by atoms with van der Waals surface area (Å²) >= 11 is 0. The van der Waals surface area contributed by atoms with Crippen LogP contribution in [-0.4, -0.2) is 53.2 Å². The maximum Gasteiger partial charge on any atom is 0.409 e. The normalized spacial score (nSPS) is 10.8. The zero-order chi connectivity index (χ0) is 23.7. The van der Waals surface area contributed by atoms with Crippen LogP contribution in [0.4, 0.5) is 14.9 Å². The highest BCUT2D eigenvalue weighted by Gasteiger charge is 2.21. The van der Waals surface area contributed by atoms with E-state index in [2.05, 4.69) is 9.97 Å². The molecule has 3 N–H and O–H groups in total. The fourth-order valence-electron chi connectivity index (χ4n) is 3.67. The number of H-pyrrole nitrogens is 1. The van der Waals surface area contributed by atoms with Gasteiger partial charge >= 0.3 is 6.09 Å². The SMILES string of the molecule is COc1ccccc1-c1c[nH]c2ncc(-c3cc(F)c(NC(=O)O)c(C(=O)N(C)C)c3)cc12. The lowest BCUT2D eigenvalue weighted by Gasteiger charge is -2.16. The van der Waals surface area contributed by atoms with Crippen LogP contribution in [0.3, 0.4) is 0 Å². The van der Waals surface area contributed by atoms with Crippen LogP contribution < -0.4 is 10.1 Å². The second kappa shape index (κ2) is 8.62. The van der Waals surface area contributed by atoms with Crippen LogP contribution in [-0.2, 0) is 0 Å². The smallest absolute Gasteiger partial charge is 0.409 e. The van der Waals surface area contributed by atoms with Crippen molar-refractivity contribution in [3.05, 3.63) is 66.2 Å². The fraction of sp³-hybridized carbons (Fsp3) is 0.125. The van der Waals surface area contributed by atoms with Gasteiger partial charge in [0.15, 0.2) is 0 Å². The number of carbonyl (C=O) groups excluding carboxylic acids is 1. The van der Waals surface area contributed by atoms with Crippen molar-refractivity contribution in [1.82, 2.24) is 14.9 Å². The summed E-state index contributed by atoms with van der Waals surface area (Å²) < 4.78 is 20.4. The number of ether oxygens (including phenoxy) is 1. The lowest BCUT2D eigenvalue weighted by Crippen LogP contribution is -2.24. The Morgan fingerprint density at radius 3 is 2.58 bits per heavy atom. The maximum atomic E-state index is 14.9. The summed E-state index contributed by atoms with van der Waals surface area (Å²) in [5, 5.41) is 11.8. The van der Waals surface area contributed by atoms with Crippen molar-refractivity contribution in [3.8, 4) is 28.0 Å². The van der Waals surface area contributed by atoms with E-state index in [-0.39, 0.29) is 5.56 Å². The largest absolute Gasteiger partial charge is 0.496 e. The van der Waals surface area contributed by atoms with Crippen molar-refractivity contribution in [2.45, 2.75) is 0 Å². The molecule has 2 aromatic heterocycles. The summed E-state index contributed by atoms with van der Waals surface area (Å²) in [4.78, 5) is 32.6. The quantitative estimate of drug-likeness (QED) is 0.405. The Hall–Kier alpha value is -4.40. The van der Waals surface area contributed by atoms with E-state index in [0.29, 0.717) is 22.5 Å². The number of anilines is 1. The predicted octanol–water partition coefficient (Wildman–Crippen LogP) is 4.84. The van der Waals surface area contributed by atoms with Crippen molar-refractivity contribution >= 4 is 28.7 Å². The van der Waals surface area contributed by atoms with Gasteiger partial charge in [0.1, 0.15) is 17.2 Å². The Morgan fingerprint density at radius 1 is 1.12 bits per heavy atom. The van der Waals surface area contributed by atoms with Crippen LogP contribution in [0.2, 0.25) is 0 Å². The molecule has 0 aliphatic carbocycles. The molecule has 0 saturated heterocycles. The number of nitrogens with one attached hydrogen (secondary N) is 2. The van der Waals surface area contributed by atoms with Crippen LogP contribution in [0.1, 0.15) is 10.4 Å². The highest BCUT2D eigenvalue weighted by molar-refractivity contribution is 6.04. The minimum atomic E-state index is -1.47. The first-order valence-corrected chi connectivity index (χ1v) is 9.96. The molecule has 4 aromatic rings. The minimum absolute atomic E-state index is 0.100. The molecule has 0 spiro atoms. The summed E-state index contributed by atoms with van der Waals surface area (Å²) in [6, 6.07) is 12.0. The second-order valence-electron chi connectivity index (χ2n) is 7.53. The van der Waals surface area contributed by atoms with Gasteiger partial charge in [-0.2, -0.15) is 0 Å². The average molecular weight is 448 g/mol. The van der Waals surface area contributed by atoms with Gasteiger partial charge in [-0.05, 0) is 29.8 Å². The molecule has 0 aliphatic heterocycles. The number of halogens is 1. The number of para-hydroxylation sites is 1. The number of aromatic nitrogens is 2. The summed E-state index contributed by atoms with van der Waals surface area (Å²) in [5.41, 5.74) is 2.80. The molecule has 2 heterocycles. The van der Waals surface area contributed by atoms with Crippen LogP contribution >= 0.6 is 0 Å². The molecule has 2 aromatic carbocycles. The van der Waals surface area contributed by atoms with E-state index in [0.717, 1.165) is 16.5 Å². The maximum absolute atomic E-state index is 14.9. The van der Waals surface area contributed by atoms with E-state index in [1.807, 2.05) is 41.8 Å². The van der Waals surface area contributed by atoms with Crippen LogP contribution in [0.5, 0.6) is 5.75 Å². The molecule has 168 valence electrons. The summed E-state index contributed by atoms with van der Waals surface area (Å²) in [5.74, 6) is -0.707. The predicted molar refractivity (Wildman–Crippen MR) is 123 cm³/mol. The zero-order valence-corrected chi connectivity index (χ0v) is 18.1. The first-order valence-electron chi connectivity index (χ1n) is 9.96. The molecular weight excluding hydrogens is 427 g/mol. The number of aromatic amines is 1. The van der Waals surface area contributed by atoms with E-state index < -0.39 is 23.5 Å². The Balaban J connectivity index is 1.89. The van der Waals surface area contributed by atoms with Gasteiger partial charge in [-0.15, -0.1) is 0 Å². The third kappa shape index (κ3) is 4.08. The summed E-state index contributed by atoms with van der Waals surface area (Å²) in [6.07, 6.45) is 1.92. The van der Waals surface area contributed by atoms with E-state index in [1.165, 1.54) is 31.1 Å². The number of carbonyl (C=O) groups is 2. The lowest BCUT2D eigenvalue weighted by atomic mass is 9.99. The summed E-state index contributed by atoms with van der Waals surface area (Å²) in [7, 11) is 4.60. The monoisotopic (exact) mass is 448 g/mol. The molecule has 2 amide bonds. The van der Waals surface area contributed by atoms with Gasteiger partial charge in [0, 0.05) is 48.6 Å². The van der Waals surface area contributed by atoms with Crippen molar-refractivity contribution in [2.24, 2.45) is 0 Å². The molecule has 0 fully saturated rings. The van der Waals surface area contributed by atoms with Gasteiger partial charge in [0.25, 0.3) is 5.91 Å². The number of rotatable bonds is 5. The van der Waals surface area contributed by atoms with E-state index >= 15 is 0 Å². The molecule has 33 heavy (non-hydrogen) atoms. The second-order valence-corrected chi connectivity index (χ2v) is 7.53. The van der Waals surface area contributed by atoms with Crippen molar-refractivity contribution in [3.63, 3.8) is 0 Å². The average Bonchev–Trinajstić information content (AvgIpc) is 3.22. The number of nitrogens with zero attached hydrogens (tertiary/aromatic N) is 2. The van der Waals surface area contributed by atoms with Crippen LogP contribution in [0.25, 0.3) is 33.3 Å². The fourth-order valence-corrected chi connectivity index (χ4v) is 3.67. The van der Waals surface area contributed by atoms with Gasteiger partial charge in [-0.3, -0.25) is 10.1 Å².